The van der Waals surface area contributed by atoms with Gasteiger partial charge in [0.05, 0.1) is 18.8 Å². The van der Waals surface area contributed by atoms with Gasteiger partial charge in [-0.1, -0.05) is 0 Å². The van der Waals surface area contributed by atoms with Crippen molar-refractivity contribution in [1.82, 2.24) is 15.5 Å². The molecule has 0 saturated carbocycles. The normalized spacial score (nSPS) is 12.7. The molecule has 1 rings (SSSR count). The monoisotopic (exact) mass is 239 g/mol. The quantitative estimate of drug-likeness (QED) is 0.725. The third-order valence-electron chi connectivity index (χ3n) is 2.77. The van der Waals surface area contributed by atoms with E-state index in [1.807, 2.05) is 38.1 Å². The molecule has 1 aromatic rings. The van der Waals surface area contributed by atoms with Crippen LogP contribution in [-0.2, 0) is 11.3 Å². The maximum Gasteiger partial charge on any atom is 0.237 e. The van der Waals surface area contributed by atoms with Gasteiger partial charge >= 0.3 is 0 Å². The van der Waals surface area contributed by atoms with Gasteiger partial charge in [0.1, 0.15) is 5.76 Å². The summed E-state index contributed by atoms with van der Waals surface area (Å²) in [7, 11) is 3.84. The Hall–Kier alpha value is -1.33. The van der Waals surface area contributed by atoms with Crippen LogP contribution in [0.5, 0.6) is 0 Å². The molecule has 0 fully saturated rings. The fourth-order valence-corrected chi connectivity index (χ4v) is 1.42. The van der Waals surface area contributed by atoms with E-state index in [-0.39, 0.29) is 11.9 Å². The summed E-state index contributed by atoms with van der Waals surface area (Å²) in [5.41, 5.74) is 0. The number of nitrogens with zero attached hydrogens (tertiary/aromatic N) is 1. The van der Waals surface area contributed by atoms with Gasteiger partial charge in [0.25, 0.3) is 0 Å². The lowest BCUT2D eigenvalue weighted by molar-refractivity contribution is -0.125. The Morgan fingerprint density at radius 2 is 2.35 bits per heavy atom. The first kappa shape index (κ1) is 13.7. The summed E-state index contributed by atoms with van der Waals surface area (Å²) in [6.07, 6.45) is 1.60. The maximum absolute atomic E-state index is 11.8. The molecular formula is C12H21N3O2. The van der Waals surface area contributed by atoms with E-state index < -0.39 is 0 Å². The predicted octanol–water partition coefficient (Wildman–Crippen LogP) is 0.436. The van der Waals surface area contributed by atoms with Crippen molar-refractivity contribution in [3.05, 3.63) is 24.2 Å². The lowest BCUT2D eigenvalue weighted by Gasteiger charge is -2.23. The summed E-state index contributed by atoms with van der Waals surface area (Å²) in [6.45, 7) is 4.04. The molecule has 0 bridgehead atoms. The summed E-state index contributed by atoms with van der Waals surface area (Å²) in [5, 5.41) is 5.91. The molecule has 1 heterocycles. The summed E-state index contributed by atoms with van der Waals surface area (Å²) in [4.78, 5) is 13.8. The van der Waals surface area contributed by atoms with Crippen molar-refractivity contribution in [2.75, 3.05) is 27.2 Å². The fraction of sp³-hybridized carbons (Fsp3) is 0.583. The van der Waals surface area contributed by atoms with Gasteiger partial charge in [-0.05, 0) is 33.2 Å². The van der Waals surface area contributed by atoms with E-state index in [0.29, 0.717) is 6.54 Å². The van der Waals surface area contributed by atoms with Crippen molar-refractivity contribution in [2.24, 2.45) is 0 Å². The van der Waals surface area contributed by atoms with Crippen LogP contribution >= 0.6 is 0 Å². The molecule has 17 heavy (non-hydrogen) atoms. The Labute approximate surface area is 102 Å². The van der Waals surface area contributed by atoms with Crippen molar-refractivity contribution >= 4 is 5.91 Å². The second kappa shape index (κ2) is 7.09. The van der Waals surface area contributed by atoms with Gasteiger partial charge in [-0.3, -0.25) is 9.69 Å². The Morgan fingerprint density at radius 1 is 1.59 bits per heavy atom. The lowest BCUT2D eigenvalue weighted by Crippen LogP contribution is -2.44. The smallest absolute Gasteiger partial charge is 0.237 e. The number of amides is 1. The highest BCUT2D eigenvalue weighted by Gasteiger charge is 2.17. The molecule has 0 aromatic carbocycles. The molecule has 96 valence electrons. The zero-order chi connectivity index (χ0) is 12.7. The number of hydrogen-bond donors (Lipinski definition) is 2. The van der Waals surface area contributed by atoms with Gasteiger partial charge in [0.2, 0.25) is 5.91 Å². The molecule has 0 aliphatic rings. The second-order valence-electron chi connectivity index (χ2n) is 4.06. The molecular weight excluding hydrogens is 218 g/mol. The molecule has 0 saturated heterocycles. The average molecular weight is 239 g/mol. The van der Waals surface area contributed by atoms with E-state index in [9.17, 15) is 4.79 Å². The molecule has 0 spiro atoms. The van der Waals surface area contributed by atoms with Crippen LogP contribution < -0.4 is 10.6 Å². The van der Waals surface area contributed by atoms with Crippen molar-refractivity contribution in [2.45, 2.75) is 19.5 Å². The van der Waals surface area contributed by atoms with Crippen LogP contribution in [0.1, 0.15) is 12.7 Å². The Balaban J connectivity index is 2.31. The van der Waals surface area contributed by atoms with Crippen LogP contribution in [0.2, 0.25) is 0 Å². The van der Waals surface area contributed by atoms with Gasteiger partial charge in [0.15, 0.2) is 0 Å². The van der Waals surface area contributed by atoms with Crippen LogP contribution in [-0.4, -0.2) is 44.0 Å². The van der Waals surface area contributed by atoms with Crippen LogP contribution in [0.25, 0.3) is 0 Å². The number of carbonyl (C=O) groups excluding carboxylic acids is 1. The topological polar surface area (TPSA) is 57.5 Å². The molecule has 5 heteroatoms. The molecule has 1 aromatic heterocycles. The van der Waals surface area contributed by atoms with E-state index in [4.69, 9.17) is 4.42 Å². The van der Waals surface area contributed by atoms with Crippen molar-refractivity contribution in [3.8, 4) is 0 Å². The largest absolute Gasteiger partial charge is 0.467 e. The predicted molar refractivity (Wildman–Crippen MR) is 66.6 cm³/mol. The highest BCUT2D eigenvalue weighted by atomic mass is 16.3. The SMILES string of the molecule is CNCCN(C)C(C)C(=O)NCc1ccco1. The summed E-state index contributed by atoms with van der Waals surface area (Å²) in [6, 6.07) is 3.51. The highest BCUT2D eigenvalue weighted by molar-refractivity contribution is 5.81. The number of likely N-dealkylation sites (N-methyl/N-ethyl adjacent to an activating group) is 2. The minimum Gasteiger partial charge on any atom is -0.467 e. The fourth-order valence-electron chi connectivity index (χ4n) is 1.42. The van der Waals surface area contributed by atoms with E-state index in [1.54, 1.807) is 6.26 Å². The number of hydrogen-bond acceptors (Lipinski definition) is 4. The number of rotatable bonds is 7. The van der Waals surface area contributed by atoms with E-state index in [0.717, 1.165) is 18.8 Å². The van der Waals surface area contributed by atoms with Crippen LogP contribution in [0, 0.1) is 0 Å². The van der Waals surface area contributed by atoms with Crippen LogP contribution in [0.4, 0.5) is 0 Å². The Bertz CT molecular complexity index is 325. The highest BCUT2D eigenvalue weighted by Crippen LogP contribution is 2.00. The zero-order valence-electron chi connectivity index (χ0n) is 10.7. The van der Waals surface area contributed by atoms with E-state index in [2.05, 4.69) is 10.6 Å². The number of nitrogens with one attached hydrogen (secondary N) is 2. The van der Waals surface area contributed by atoms with Gasteiger partial charge in [-0.15, -0.1) is 0 Å². The molecule has 1 atom stereocenters. The molecule has 1 unspecified atom stereocenters. The minimum absolute atomic E-state index is 0.0139. The van der Waals surface area contributed by atoms with Crippen LogP contribution in [0.15, 0.2) is 22.8 Å². The first-order valence-electron chi connectivity index (χ1n) is 5.80. The summed E-state index contributed by atoms with van der Waals surface area (Å²) >= 11 is 0. The molecule has 0 aliphatic heterocycles. The molecule has 1 amide bonds. The van der Waals surface area contributed by atoms with Gasteiger partial charge in [0, 0.05) is 13.1 Å². The zero-order valence-corrected chi connectivity index (χ0v) is 10.7. The van der Waals surface area contributed by atoms with Gasteiger partial charge in [-0.25, -0.2) is 0 Å². The van der Waals surface area contributed by atoms with Gasteiger partial charge < -0.3 is 15.1 Å². The second-order valence-corrected chi connectivity index (χ2v) is 4.06. The van der Waals surface area contributed by atoms with Crippen molar-refractivity contribution in [3.63, 3.8) is 0 Å². The first-order chi connectivity index (χ1) is 8.15. The van der Waals surface area contributed by atoms with E-state index in [1.165, 1.54) is 0 Å². The molecule has 0 aliphatic carbocycles. The van der Waals surface area contributed by atoms with Gasteiger partial charge in [-0.2, -0.15) is 0 Å². The van der Waals surface area contributed by atoms with Crippen LogP contribution in [0.3, 0.4) is 0 Å². The molecule has 0 radical (unpaired) electrons. The first-order valence-corrected chi connectivity index (χ1v) is 5.80. The Morgan fingerprint density at radius 3 is 2.94 bits per heavy atom. The van der Waals surface area contributed by atoms with E-state index >= 15 is 0 Å². The minimum atomic E-state index is -0.140. The number of carbonyl (C=O) groups is 1. The summed E-state index contributed by atoms with van der Waals surface area (Å²) < 4.78 is 5.15. The van der Waals surface area contributed by atoms with Crippen molar-refractivity contribution < 1.29 is 9.21 Å². The lowest BCUT2D eigenvalue weighted by atomic mass is 10.2. The molecule has 5 nitrogen and oxygen atoms in total. The summed E-state index contributed by atoms with van der Waals surface area (Å²) in [5.74, 6) is 0.781. The average Bonchev–Trinajstić information content (AvgIpc) is 2.85. The molecule has 2 N–H and O–H groups in total. The number of furan rings is 1. The third-order valence-corrected chi connectivity index (χ3v) is 2.77. The maximum atomic E-state index is 11.8. The third kappa shape index (κ3) is 4.58. The van der Waals surface area contributed by atoms with Crippen molar-refractivity contribution in [1.29, 1.82) is 0 Å². The Kier molecular flexibility index (Phi) is 5.72. The standard InChI is InChI=1S/C12H21N3O2/c1-10(15(3)7-6-13-2)12(16)14-9-11-5-4-8-17-11/h4-5,8,10,13H,6-7,9H2,1-3H3,(H,14,16).